The summed E-state index contributed by atoms with van der Waals surface area (Å²) in [6.07, 6.45) is 0.951. The van der Waals surface area contributed by atoms with E-state index in [1.165, 1.54) is 11.1 Å². The molecule has 1 heterocycles. The molecule has 0 saturated heterocycles. The van der Waals surface area contributed by atoms with E-state index in [4.69, 9.17) is 0 Å². The molecule has 0 aromatic heterocycles. The third-order valence-electron chi connectivity index (χ3n) is 4.61. The summed E-state index contributed by atoms with van der Waals surface area (Å²) in [5.74, 6) is 0.144. The summed E-state index contributed by atoms with van der Waals surface area (Å²) in [7, 11) is 4.13. The van der Waals surface area contributed by atoms with Crippen molar-refractivity contribution in [2.24, 2.45) is 0 Å². The molecule has 4 heteroatoms. The Hall–Kier alpha value is -2.17. The van der Waals surface area contributed by atoms with Crippen molar-refractivity contribution in [3.05, 3.63) is 65.7 Å². The zero-order valence-electron chi connectivity index (χ0n) is 14.4. The van der Waals surface area contributed by atoms with Crippen molar-refractivity contribution in [2.75, 3.05) is 38.6 Å². The lowest BCUT2D eigenvalue weighted by Gasteiger charge is -2.25. The molecule has 1 N–H and O–H groups in total. The van der Waals surface area contributed by atoms with Crippen LogP contribution in [0.25, 0.3) is 0 Å². The Morgan fingerprint density at radius 2 is 1.83 bits per heavy atom. The van der Waals surface area contributed by atoms with Gasteiger partial charge in [0.25, 0.3) is 0 Å². The Morgan fingerprint density at radius 3 is 2.58 bits per heavy atom. The summed E-state index contributed by atoms with van der Waals surface area (Å²) in [5, 5.41) is 3.34. The van der Waals surface area contributed by atoms with Gasteiger partial charge in [-0.05, 0) is 37.7 Å². The van der Waals surface area contributed by atoms with E-state index in [0.717, 1.165) is 25.2 Å². The largest absolute Gasteiger partial charge is 0.311 e. The van der Waals surface area contributed by atoms with E-state index in [1.807, 2.05) is 29.2 Å². The maximum atomic E-state index is 12.5. The van der Waals surface area contributed by atoms with Gasteiger partial charge in [-0.2, -0.15) is 0 Å². The van der Waals surface area contributed by atoms with Crippen LogP contribution in [-0.2, 0) is 11.2 Å². The molecule has 0 unspecified atom stereocenters. The smallest absolute Gasteiger partial charge is 0.240 e. The monoisotopic (exact) mass is 323 g/mol. The van der Waals surface area contributed by atoms with E-state index in [2.05, 4.69) is 54.6 Å². The Bertz CT molecular complexity index is 684. The molecular formula is C20H25N3O. The van der Waals surface area contributed by atoms with Crippen LogP contribution >= 0.6 is 0 Å². The number of hydrogen-bond donors (Lipinski definition) is 1. The number of nitrogens with one attached hydrogen (secondary N) is 1. The summed E-state index contributed by atoms with van der Waals surface area (Å²) in [6.45, 7) is 1.90. The Balaban J connectivity index is 1.57. The standard InChI is InChI=1S/C20H25N3O/c1-22(2)19(16-8-4-3-5-9-16)14-21-15-20(24)23-13-12-17-10-6-7-11-18(17)23/h3-11,19,21H,12-15H2,1-2H3/t19-/m0/s1. The van der Waals surface area contributed by atoms with E-state index in [1.54, 1.807) is 0 Å². The number of anilines is 1. The predicted molar refractivity (Wildman–Crippen MR) is 98.2 cm³/mol. The fraction of sp³-hybridized carbons (Fsp3) is 0.350. The number of fused-ring (bicyclic) bond motifs is 1. The minimum absolute atomic E-state index is 0.144. The van der Waals surface area contributed by atoms with Gasteiger partial charge in [0.1, 0.15) is 0 Å². The average molecular weight is 323 g/mol. The van der Waals surface area contributed by atoms with Crippen LogP contribution in [-0.4, -0.2) is 44.5 Å². The molecule has 3 rings (SSSR count). The second-order valence-corrected chi connectivity index (χ2v) is 6.45. The molecule has 1 aliphatic rings. The highest BCUT2D eigenvalue weighted by atomic mass is 16.2. The first-order valence-corrected chi connectivity index (χ1v) is 8.47. The summed E-state index contributed by atoms with van der Waals surface area (Å²) in [5.41, 5.74) is 3.59. The maximum absolute atomic E-state index is 12.5. The van der Waals surface area contributed by atoms with E-state index >= 15 is 0 Å². The minimum Gasteiger partial charge on any atom is -0.311 e. The second kappa shape index (κ2) is 7.60. The fourth-order valence-corrected chi connectivity index (χ4v) is 3.28. The quantitative estimate of drug-likeness (QED) is 0.887. The molecule has 0 bridgehead atoms. The minimum atomic E-state index is 0.144. The number of carbonyl (C=O) groups is 1. The Kier molecular flexibility index (Phi) is 5.28. The van der Waals surface area contributed by atoms with Crippen LogP contribution in [0.5, 0.6) is 0 Å². The lowest BCUT2D eigenvalue weighted by molar-refractivity contribution is -0.117. The van der Waals surface area contributed by atoms with Crippen molar-refractivity contribution in [3.63, 3.8) is 0 Å². The number of amides is 1. The molecule has 0 aliphatic carbocycles. The van der Waals surface area contributed by atoms with Gasteiger partial charge in [-0.3, -0.25) is 4.79 Å². The zero-order chi connectivity index (χ0) is 16.9. The van der Waals surface area contributed by atoms with E-state index in [-0.39, 0.29) is 11.9 Å². The topological polar surface area (TPSA) is 35.6 Å². The fourth-order valence-electron chi connectivity index (χ4n) is 3.28. The lowest BCUT2D eigenvalue weighted by atomic mass is 10.1. The Labute approximate surface area is 144 Å². The summed E-state index contributed by atoms with van der Waals surface area (Å²) >= 11 is 0. The third-order valence-corrected chi connectivity index (χ3v) is 4.61. The van der Waals surface area contributed by atoms with Crippen LogP contribution in [0.2, 0.25) is 0 Å². The number of para-hydroxylation sites is 1. The van der Waals surface area contributed by atoms with Crippen LogP contribution in [0, 0.1) is 0 Å². The molecule has 24 heavy (non-hydrogen) atoms. The molecule has 1 aliphatic heterocycles. The van der Waals surface area contributed by atoms with Gasteiger partial charge in [0.05, 0.1) is 6.54 Å². The molecule has 0 radical (unpaired) electrons. The number of nitrogens with zero attached hydrogens (tertiary/aromatic N) is 2. The first-order chi connectivity index (χ1) is 11.7. The van der Waals surface area contributed by atoms with Gasteiger partial charge >= 0.3 is 0 Å². The van der Waals surface area contributed by atoms with Crippen molar-refractivity contribution in [3.8, 4) is 0 Å². The van der Waals surface area contributed by atoms with Crippen LogP contribution in [0.15, 0.2) is 54.6 Å². The van der Waals surface area contributed by atoms with Crippen LogP contribution < -0.4 is 10.2 Å². The molecule has 2 aromatic rings. The molecule has 1 amide bonds. The molecular weight excluding hydrogens is 298 g/mol. The molecule has 0 saturated carbocycles. The van der Waals surface area contributed by atoms with Crippen LogP contribution in [0.4, 0.5) is 5.69 Å². The molecule has 0 spiro atoms. The highest BCUT2D eigenvalue weighted by Crippen LogP contribution is 2.27. The molecule has 126 valence electrons. The van der Waals surface area contributed by atoms with Crippen molar-refractivity contribution in [2.45, 2.75) is 12.5 Å². The normalized spacial score (nSPS) is 14.7. The van der Waals surface area contributed by atoms with Crippen molar-refractivity contribution < 1.29 is 4.79 Å². The number of hydrogen-bond acceptors (Lipinski definition) is 3. The van der Waals surface area contributed by atoms with E-state index in [9.17, 15) is 4.79 Å². The SMILES string of the molecule is CN(C)[C@@H](CNCC(=O)N1CCc2ccccc21)c1ccccc1. The van der Waals surface area contributed by atoms with Crippen molar-refractivity contribution in [1.29, 1.82) is 0 Å². The zero-order valence-corrected chi connectivity index (χ0v) is 14.4. The van der Waals surface area contributed by atoms with Gasteiger partial charge in [-0.25, -0.2) is 0 Å². The number of rotatable bonds is 6. The van der Waals surface area contributed by atoms with Gasteiger partial charge < -0.3 is 15.1 Å². The van der Waals surface area contributed by atoms with Crippen LogP contribution in [0.3, 0.4) is 0 Å². The maximum Gasteiger partial charge on any atom is 0.240 e. The van der Waals surface area contributed by atoms with Gasteiger partial charge in [0.15, 0.2) is 0 Å². The second-order valence-electron chi connectivity index (χ2n) is 6.45. The summed E-state index contributed by atoms with van der Waals surface area (Å²) < 4.78 is 0. The highest BCUT2D eigenvalue weighted by molar-refractivity contribution is 5.96. The molecule has 4 nitrogen and oxygen atoms in total. The van der Waals surface area contributed by atoms with Gasteiger partial charge in [0.2, 0.25) is 5.91 Å². The Morgan fingerprint density at radius 1 is 1.12 bits per heavy atom. The van der Waals surface area contributed by atoms with Gasteiger partial charge in [0, 0.05) is 24.8 Å². The number of benzene rings is 2. The van der Waals surface area contributed by atoms with Crippen molar-refractivity contribution >= 4 is 11.6 Å². The summed E-state index contributed by atoms with van der Waals surface area (Å²) in [4.78, 5) is 16.6. The summed E-state index contributed by atoms with van der Waals surface area (Å²) in [6, 6.07) is 18.8. The number of carbonyl (C=O) groups excluding carboxylic acids is 1. The molecule has 2 aromatic carbocycles. The lowest BCUT2D eigenvalue weighted by Crippen LogP contribution is -2.40. The van der Waals surface area contributed by atoms with Gasteiger partial charge in [-0.15, -0.1) is 0 Å². The first kappa shape index (κ1) is 16.7. The molecule has 0 fully saturated rings. The van der Waals surface area contributed by atoms with Crippen LogP contribution in [0.1, 0.15) is 17.2 Å². The first-order valence-electron chi connectivity index (χ1n) is 8.47. The van der Waals surface area contributed by atoms with E-state index in [0.29, 0.717) is 6.54 Å². The third kappa shape index (κ3) is 3.66. The highest BCUT2D eigenvalue weighted by Gasteiger charge is 2.24. The molecule has 1 atom stereocenters. The number of likely N-dealkylation sites (N-methyl/N-ethyl adjacent to an activating group) is 1. The average Bonchev–Trinajstić information content (AvgIpc) is 3.03. The van der Waals surface area contributed by atoms with E-state index < -0.39 is 0 Å². The van der Waals surface area contributed by atoms with Gasteiger partial charge in [-0.1, -0.05) is 48.5 Å². The van der Waals surface area contributed by atoms with Crippen molar-refractivity contribution in [1.82, 2.24) is 10.2 Å². The predicted octanol–water partition coefficient (Wildman–Crippen LogP) is 2.47.